The van der Waals surface area contributed by atoms with Crippen molar-refractivity contribution < 1.29 is 23.4 Å². The number of phenols is 1. The van der Waals surface area contributed by atoms with Crippen LogP contribution in [0.4, 0.5) is 8.78 Å². The van der Waals surface area contributed by atoms with Crippen LogP contribution in [0.25, 0.3) is 0 Å². The van der Waals surface area contributed by atoms with Crippen LogP contribution in [-0.4, -0.2) is 11.1 Å². The molecule has 1 N–H and O–H groups in total. The van der Waals surface area contributed by atoms with Crippen LogP contribution in [-0.2, 0) is 0 Å². The summed E-state index contributed by atoms with van der Waals surface area (Å²) >= 11 is 0. The highest BCUT2D eigenvalue weighted by atomic mass is 19.1. The number of aromatic hydroxyl groups is 1. The molecule has 0 radical (unpaired) electrons. The summed E-state index contributed by atoms with van der Waals surface area (Å²) in [6.45, 7) is 0. The Hall–Kier alpha value is -2.43. The van der Waals surface area contributed by atoms with Gasteiger partial charge in [0.05, 0.1) is 0 Å². The predicted octanol–water partition coefficient (Wildman–Crippen LogP) is 2.89. The van der Waals surface area contributed by atoms with E-state index in [9.17, 15) is 18.7 Å². The molecule has 2 rings (SSSR count). The van der Waals surface area contributed by atoms with E-state index in [4.69, 9.17) is 4.74 Å². The van der Waals surface area contributed by atoms with Crippen LogP contribution >= 0.6 is 0 Å². The molecule has 0 saturated carbocycles. The van der Waals surface area contributed by atoms with Gasteiger partial charge in [0.2, 0.25) is 0 Å². The summed E-state index contributed by atoms with van der Waals surface area (Å²) in [4.78, 5) is 11.6. The fraction of sp³-hybridized carbons (Fsp3) is 0. The Bertz CT molecular complexity index is 597. The highest BCUT2D eigenvalue weighted by Crippen LogP contribution is 2.22. The van der Waals surface area contributed by atoms with E-state index < -0.39 is 23.4 Å². The maximum Gasteiger partial charge on any atom is 0.347 e. The first-order valence-electron chi connectivity index (χ1n) is 5.03. The lowest BCUT2D eigenvalue weighted by molar-refractivity contribution is 0.0724. The van der Waals surface area contributed by atoms with Gasteiger partial charge >= 0.3 is 5.97 Å². The minimum Gasteiger partial charge on any atom is -0.507 e. The van der Waals surface area contributed by atoms with Gasteiger partial charge in [-0.3, -0.25) is 0 Å². The van der Waals surface area contributed by atoms with E-state index in [0.717, 1.165) is 12.1 Å². The lowest BCUT2D eigenvalue weighted by atomic mass is 10.2. The monoisotopic (exact) mass is 250 g/mol. The number of hydrogen-bond acceptors (Lipinski definition) is 3. The van der Waals surface area contributed by atoms with Crippen LogP contribution in [0.1, 0.15) is 10.4 Å². The third-order valence-electron chi connectivity index (χ3n) is 2.22. The van der Waals surface area contributed by atoms with Crippen molar-refractivity contribution in [2.24, 2.45) is 0 Å². The summed E-state index contributed by atoms with van der Waals surface area (Å²) in [6.07, 6.45) is 0. The van der Waals surface area contributed by atoms with Gasteiger partial charge in [0.25, 0.3) is 0 Å². The number of rotatable bonds is 2. The van der Waals surface area contributed by atoms with E-state index in [1.54, 1.807) is 0 Å². The molecule has 5 heteroatoms. The zero-order chi connectivity index (χ0) is 13.1. The smallest absolute Gasteiger partial charge is 0.347 e. The van der Waals surface area contributed by atoms with E-state index in [1.807, 2.05) is 0 Å². The Morgan fingerprint density at radius 1 is 1.11 bits per heavy atom. The largest absolute Gasteiger partial charge is 0.507 e. The Kier molecular flexibility index (Phi) is 3.23. The molecule has 0 aliphatic carbocycles. The summed E-state index contributed by atoms with van der Waals surface area (Å²) in [7, 11) is 0. The Balaban J connectivity index is 2.24. The fourth-order valence-electron chi connectivity index (χ4n) is 1.36. The molecule has 2 aromatic carbocycles. The molecule has 0 bridgehead atoms. The van der Waals surface area contributed by atoms with Crippen molar-refractivity contribution in [2.45, 2.75) is 0 Å². The van der Waals surface area contributed by atoms with Crippen molar-refractivity contribution in [3.05, 3.63) is 59.7 Å². The van der Waals surface area contributed by atoms with Crippen molar-refractivity contribution in [3.63, 3.8) is 0 Å². The molecule has 0 unspecified atom stereocenters. The second kappa shape index (κ2) is 4.83. The Morgan fingerprint density at radius 3 is 2.50 bits per heavy atom. The van der Waals surface area contributed by atoms with Gasteiger partial charge in [-0.2, -0.15) is 0 Å². The van der Waals surface area contributed by atoms with E-state index in [2.05, 4.69) is 0 Å². The molecule has 0 aliphatic rings. The number of carbonyl (C=O) groups excluding carboxylic acids is 1. The Labute approximate surface area is 101 Å². The van der Waals surface area contributed by atoms with E-state index in [1.165, 1.54) is 24.3 Å². The zero-order valence-electron chi connectivity index (χ0n) is 9.06. The summed E-state index contributed by atoms with van der Waals surface area (Å²) in [5.41, 5.74) is -0.0961. The number of hydrogen-bond donors (Lipinski definition) is 1. The third kappa shape index (κ3) is 2.45. The van der Waals surface area contributed by atoms with Crippen LogP contribution in [0.3, 0.4) is 0 Å². The summed E-state index contributed by atoms with van der Waals surface area (Å²) in [5, 5.41) is 9.42. The van der Waals surface area contributed by atoms with Gasteiger partial charge in [0.15, 0.2) is 11.6 Å². The van der Waals surface area contributed by atoms with Crippen molar-refractivity contribution in [3.8, 4) is 11.5 Å². The van der Waals surface area contributed by atoms with Gasteiger partial charge in [0.1, 0.15) is 17.1 Å². The minimum atomic E-state index is -0.987. The average Bonchev–Trinajstić information content (AvgIpc) is 2.33. The van der Waals surface area contributed by atoms with Gasteiger partial charge in [-0.1, -0.05) is 12.1 Å². The number of carbonyl (C=O) groups is 1. The van der Waals surface area contributed by atoms with E-state index >= 15 is 0 Å². The molecule has 3 nitrogen and oxygen atoms in total. The SMILES string of the molecule is O=C(Oc1ccc(F)cc1F)c1ccccc1O. The first kappa shape index (κ1) is 12.0. The lowest BCUT2D eigenvalue weighted by Crippen LogP contribution is -2.09. The van der Waals surface area contributed by atoms with Gasteiger partial charge < -0.3 is 9.84 Å². The summed E-state index contributed by atoms with van der Waals surface area (Å²) in [5.74, 6) is -3.35. The molecule has 2 aromatic rings. The maximum absolute atomic E-state index is 13.2. The number of halogens is 2. The van der Waals surface area contributed by atoms with E-state index in [-0.39, 0.29) is 11.3 Å². The highest BCUT2D eigenvalue weighted by Gasteiger charge is 2.15. The third-order valence-corrected chi connectivity index (χ3v) is 2.22. The number of ether oxygens (including phenoxy) is 1. The van der Waals surface area contributed by atoms with Gasteiger partial charge in [-0.25, -0.2) is 13.6 Å². The molecule has 0 amide bonds. The maximum atomic E-state index is 13.2. The van der Waals surface area contributed by atoms with Crippen LogP contribution in [0.5, 0.6) is 11.5 Å². The molecular weight excluding hydrogens is 242 g/mol. The van der Waals surface area contributed by atoms with Crippen molar-refractivity contribution in [1.82, 2.24) is 0 Å². The lowest BCUT2D eigenvalue weighted by Gasteiger charge is -2.06. The minimum absolute atomic E-state index is 0.0961. The molecule has 0 fully saturated rings. The number of esters is 1. The quantitative estimate of drug-likeness (QED) is 0.658. The molecule has 0 spiro atoms. The van der Waals surface area contributed by atoms with Crippen LogP contribution < -0.4 is 4.74 Å². The fourth-order valence-corrected chi connectivity index (χ4v) is 1.36. The van der Waals surface area contributed by atoms with Crippen molar-refractivity contribution in [1.29, 1.82) is 0 Å². The highest BCUT2D eigenvalue weighted by molar-refractivity contribution is 5.93. The zero-order valence-corrected chi connectivity index (χ0v) is 9.06. The van der Waals surface area contributed by atoms with Gasteiger partial charge in [-0.15, -0.1) is 0 Å². The topological polar surface area (TPSA) is 46.5 Å². The average molecular weight is 250 g/mol. The summed E-state index contributed by atoms with van der Waals surface area (Å²) < 4.78 is 30.6. The van der Waals surface area contributed by atoms with Crippen LogP contribution in [0.15, 0.2) is 42.5 Å². The van der Waals surface area contributed by atoms with Crippen molar-refractivity contribution >= 4 is 5.97 Å². The van der Waals surface area contributed by atoms with Gasteiger partial charge in [-0.05, 0) is 24.3 Å². The summed E-state index contributed by atoms with van der Waals surface area (Å²) in [6, 6.07) is 8.27. The second-order valence-corrected chi connectivity index (χ2v) is 3.48. The molecule has 0 saturated heterocycles. The molecule has 0 aliphatic heterocycles. The van der Waals surface area contributed by atoms with Crippen LogP contribution in [0.2, 0.25) is 0 Å². The van der Waals surface area contributed by atoms with Gasteiger partial charge in [0, 0.05) is 6.07 Å². The Morgan fingerprint density at radius 2 is 1.83 bits per heavy atom. The van der Waals surface area contributed by atoms with Crippen LogP contribution in [0, 0.1) is 11.6 Å². The molecule has 92 valence electrons. The number of phenolic OH excluding ortho intramolecular Hbond substituents is 1. The number of para-hydroxylation sites is 1. The van der Waals surface area contributed by atoms with E-state index in [0.29, 0.717) is 6.07 Å². The first-order valence-corrected chi connectivity index (χ1v) is 5.03. The predicted molar refractivity (Wildman–Crippen MR) is 59.4 cm³/mol. The first-order chi connectivity index (χ1) is 8.58. The molecule has 0 heterocycles. The molecule has 0 atom stereocenters. The normalized spacial score (nSPS) is 10.1. The molecule has 0 aromatic heterocycles. The second-order valence-electron chi connectivity index (χ2n) is 3.48. The number of benzene rings is 2. The molecular formula is C13H8F2O3. The molecule has 18 heavy (non-hydrogen) atoms. The standard InChI is InChI=1S/C13H8F2O3/c14-8-5-6-12(10(15)7-8)18-13(17)9-3-1-2-4-11(9)16/h1-7,16H. The van der Waals surface area contributed by atoms with Crippen molar-refractivity contribution in [2.75, 3.05) is 0 Å².